The Labute approximate surface area is 131 Å². The zero-order valence-electron chi connectivity index (χ0n) is 13.0. The number of anilines is 1. The van der Waals surface area contributed by atoms with Crippen molar-refractivity contribution in [2.45, 2.75) is 32.6 Å². The monoisotopic (exact) mass is 326 g/mol. The first-order valence-corrected chi connectivity index (χ1v) is 8.83. The van der Waals surface area contributed by atoms with Gasteiger partial charge in [-0.1, -0.05) is 26.8 Å². The van der Waals surface area contributed by atoms with Gasteiger partial charge in [-0.05, 0) is 23.1 Å². The van der Waals surface area contributed by atoms with Crippen LogP contribution in [0, 0.1) is 5.92 Å². The molecule has 0 aliphatic carbocycles. The molecule has 0 bridgehead atoms. The minimum absolute atomic E-state index is 0.0117. The molecule has 22 heavy (non-hydrogen) atoms. The molecule has 1 aromatic carbocycles. The molecule has 2 rings (SSSR count). The molecule has 1 fully saturated rings. The first kappa shape index (κ1) is 16.8. The van der Waals surface area contributed by atoms with E-state index in [1.165, 1.54) is 4.90 Å². The number of hydrogen-bond donors (Lipinski definition) is 2. The molecule has 0 saturated carbocycles. The number of benzene rings is 1. The highest BCUT2D eigenvalue weighted by Crippen LogP contribution is 2.36. The molecule has 1 aliphatic heterocycles. The zero-order valence-corrected chi connectivity index (χ0v) is 13.9. The second kappa shape index (κ2) is 5.55. The zero-order chi connectivity index (χ0) is 16.7. The summed E-state index contributed by atoms with van der Waals surface area (Å²) in [6.45, 7) is 6.37. The van der Waals surface area contributed by atoms with Crippen LogP contribution in [0.5, 0.6) is 5.75 Å². The minimum atomic E-state index is -3.62. The molecular formula is C15H22N2O4S. The second-order valence-electron chi connectivity index (χ2n) is 6.86. The smallest absolute Gasteiger partial charge is 0.227 e. The Morgan fingerprint density at radius 2 is 2.00 bits per heavy atom. The Morgan fingerprint density at radius 1 is 1.36 bits per heavy atom. The standard InChI is InChI=1S/C15H22N2O4S/c1-15(2,3)11-4-5-13(18)12(7-11)17-8-10(6-14(17)19)9-22(16,20)21/h4-5,7,10,18H,6,8-9H2,1-3H3,(H2,16,20,21). The van der Waals surface area contributed by atoms with E-state index in [-0.39, 0.29) is 41.7 Å². The summed E-state index contributed by atoms with van der Waals surface area (Å²) >= 11 is 0. The number of rotatable bonds is 3. The van der Waals surface area contributed by atoms with E-state index in [1.54, 1.807) is 12.1 Å². The number of carbonyl (C=O) groups is 1. The maximum atomic E-state index is 12.2. The van der Waals surface area contributed by atoms with Crippen LogP contribution >= 0.6 is 0 Å². The van der Waals surface area contributed by atoms with E-state index < -0.39 is 10.0 Å². The molecule has 6 nitrogen and oxygen atoms in total. The number of phenols is 1. The third kappa shape index (κ3) is 3.78. The van der Waals surface area contributed by atoms with Crippen molar-refractivity contribution in [1.29, 1.82) is 0 Å². The number of primary sulfonamides is 1. The van der Waals surface area contributed by atoms with Gasteiger partial charge in [0, 0.05) is 18.9 Å². The van der Waals surface area contributed by atoms with Crippen molar-refractivity contribution in [1.82, 2.24) is 0 Å². The molecule has 1 atom stereocenters. The van der Waals surface area contributed by atoms with E-state index in [0.717, 1.165) is 5.56 Å². The van der Waals surface area contributed by atoms with Gasteiger partial charge < -0.3 is 10.0 Å². The van der Waals surface area contributed by atoms with Gasteiger partial charge in [0.15, 0.2) is 0 Å². The van der Waals surface area contributed by atoms with Crippen molar-refractivity contribution in [2.75, 3.05) is 17.2 Å². The molecule has 1 unspecified atom stereocenters. The van der Waals surface area contributed by atoms with Gasteiger partial charge in [-0.15, -0.1) is 0 Å². The van der Waals surface area contributed by atoms with Crippen LogP contribution in [0.15, 0.2) is 18.2 Å². The third-order valence-corrected chi connectivity index (χ3v) is 4.74. The lowest BCUT2D eigenvalue weighted by molar-refractivity contribution is -0.117. The largest absolute Gasteiger partial charge is 0.506 e. The molecule has 7 heteroatoms. The van der Waals surface area contributed by atoms with E-state index in [0.29, 0.717) is 5.69 Å². The van der Waals surface area contributed by atoms with Gasteiger partial charge in [-0.2, -0.15) is 0 Å². The van der Waals surface area contributed by atoms with Gasteiger partial charge in [-0.3, -0.25) is 4.79 Å². The summed E-state index contributed by atoms with van der Waals surface area (Å²) in [4.78, 5) is 13.6. The summed E-state index contributed by atoms with van der Waals surface area (Å²) in [6, 6.07) is 5.17. The lowest BCUT2D eigenvalue weighted by Gasteiger charge is -2.24. The van der Waals surface area contributed by atoms with Gasteiger partial charge in [0.05, 0.1) is 11.4 Å². The van der Waals surface area contributed by atoms with Crippen LogP contribution in [0.2, 0.25) is 0 Å². The van der Waals surface area contributed by atoms with Crippen LogP contribution in [0.1, 0.15) is 32.8 Å². The average molecular weight is 326 g/mol. The fraction of sp³-hybridized carbons (Fsp3) is 0.533. The van der Waals surface area contributed by atoms with E-state index in [9.17, 15) is 18.3 Å². The topological polar surface area (TPSA) is 101 Å². The minimum Gasteiger partial charge on any atom is -0.506 e. The van der Waals surface area contributed by atoms with Crippen molar-refractivity contribution in [2.24, 2.45) is 11.1 Å². The predicted molar refractivity (Wildman–Crippen MR) is 85.2 cm³/mol. The number of hydrogen-bond acceptors (Lipinski definition) is 4. The fourth-order valence-electron chi connectivity index (χ4n) is 2.66. The maximum Gasteiger partial charge on any atom is 0.227 e. The van der Waals surface area contributed by atoms with Crippen molar-refractivity contribution < 1.29 is 18.3 Å². The number of sulfonamides is 1. The van der Waals surface area contributed by atoms with Crippen molar-refractivity contribution in [3.63, 3.8) is 0 Å². The normalized spacial score (nSPS) is 19.7. The molecule has 3 N–H and O–H groups in total. The Morgan fingerprint density at radius 3 is 2.55 bits per heavy atom. The fourth-order valence-corrected chi connectivity index (χ4v) is 3.54. The van der Waals surface area contributed by atoms with E-state index in [2.05, 4.69) is 0 Å². The highest BCUT2D eigenvalue weighted by Gasteiger charge is 2.34. The number of aromatic hydroxyl groups is 1. The SMILES string of the molecule is CC(C)(C)c1ccc(O)c(N2CC(CS(N)(=O)=O)CC2=O)c1. The first-order chi connectivity index (χ1) is 9.97. The molecule has 0 spiro atoms. The highest BCUT2D eigenvalue weighted by molar-refractivity contribution is 7.89. The van der Waals surface area contributed by atoms with Crippen LogP contribution in [0.3, 0.4) is 0 Å². The quantitative estimate of drug-likeness (QED) is 0.875. The number of nitrogens with zero attached hydrogens (tertiary/aromatic N) is 1. The molecule has 1 amide bonds. The molecule has 0 aromatic heterocycles. The lowest BCUT2D eigenvalue weighted by Crippen LogP contribution is -2.28. The van der Waals surface area contributed by atoms with Gasteiger partial charge in [0.2, 0.25) is 15.9 Å². The van der Waals surface area contributed by atoms with Crippen molar-refractivity contribution in [3.8, 4) is 5.75 Å². The van der Waals surface area contributed by atoms with E-state index >= 15 is 0 Å². The van der Waals surface area contributed by atoms with Crippen LogP contribution in [0.4, 0.5) is 5.69 Å². The summed E-state index contributed by atoms with van der Waals surface area (Å²) in [5, 5.41) is 15.1. The number of nitrogens with two attached hydrogens (primary N) is 1. The third-order valence-electron chi connectivity index (χ3n) is 3.81. The Balaban J connectivity index is 2.30. The summed E-state index contributed by atoms with van der Waals surface area (Å²) in [7, 11) is -3.62. The van der Waals surface area contributed by atoms with Crippen molar-refractivity contribution >= 4 is 21.6 Å². The molecule has 122 valence electrons. The molecule has 1 aromatic rings. The highest BCUT2D eigenvalue weighted by atomic mass is 32.2. The van der Waals surface area contributed by atoms with Crippen LogP contribution in [-0.4, -0.2) is 31.7 Å². The van der Waals surface area contributed by atoms with E-state index in [1.807, 2.05) is 26.8 Å². The van der Waals surface area contributed by atoms with Crippen LogP contribution < -0.4 is 10.0 Å². The Hall–Kier alpha value is -1.60. The summed E-state index contributed by atoms with van der Waals surface area (Å²) in [6.07, 6.45) is 0.121. The lowest BCUT2D eigenvalue weighted by atomic mass is 9.86. The average Bonchev–Trinajstić information content (AvgIpc) is 2.66. The molecule has 1 aliphatic rings. The van der Waals surface area contributed by atoms with Crippen molar-refractivity contribution in [3.05, 3.63) is 23.8 Å². The second-order valence-corrected chi connectivity index (χ2v) is 8.52. The number of carbonyl (C=O) groups excluding carboxylic acids is 1. The molecule has 0 radical (unpaired) electrons. The van der Waals surface area contributed by atoms with E-state index in [4.69, 9.17) is 5.14 Å². The predicted octanol–water partition coefficient (Wildman–Crippen LogP) is 1.33. The number of amides is 1. The van der Waals surface area contributed by atoms with Gasteiger partial charge in [0.25, 0.3) is 0 Å². The van der Waals surface area contributed by atoms with Gasteiger partial charge >= 0.3 is 0 Å². The Kier molecular flexibility index (Phi) is 4.23. The molecule has 1 heterocycles. The van der Waals surface area contributed by atoms with Gasteiger partial charge in [-0.25, -0.2) is 13.6 Å². The number of phenolic OH excluding ortho intramolecular Hbond substituents is 1. The summed E-state index contributed by atoms with van der Waals surface area (Å²) in [5.41, 5.74) is 1.29. The summed E-state index contributed by atoms with van der Waals surface area (Å²) < 4.78 is 22.4. The van der Waals surface area contributed by atoms with Crippen LogP contribution in [-0.2, 0) is 20.2 Å². The first-order valence-electron chi connectivity index (χ1n) is 7.12. The maximum absolute atomic E-state index is 12.2. The molecule has 1 saturated heterocycles. The Bertz CT molecular complexity index is 692. The van der Waals surface area contributed by atoms with Crippen LogP contribution in [0.25, 0.3) is 0 Å². The summed E-state index contributed by atoms with van der Waals surface area (Å²) in [5.74, 6) is -0.762. The molecular weight excluding hydrogens is 304 g/mol. The van der Waals surface area contributed by atoms with Gasteiger partial charge in [0.1, 0.15) is 5.75 Å².